The number of rotatable bonds is 6. The number of ether oxygens (including phenoxy) is 1. The van der Waals surface area contributed by atoms with Crippen LogP contribution in [-0.4, -0.2) is 49.8 Å². The molecular formula is C25H30FN5O3. The summed E-state index contributed by atoms with van der Waals surface area (Å²) in [5, 5.41) is 5.92. The quantitative estimate of drug-likeness (QED) is 0.620. The van der Waals surface area contributed by atoms with E-state index in [0.717, 1.165) is 16.7 Å². The molecule has 9 heteroatoms. The van der Waals surface area contributed by atoms with E-state index >= 15 is 4.39 Å². The molecular weight excluding hydrogens is 437 g/mol. The van der Waals surface area contributed by atoms with Crippen molar-refractivity contribution in [2.24, 2.45) is 15.9 Å². The second-order valence-electron chi connectivity index (χ2n) is 8.35. The van der Waals surface area contributed by atoms with Crippen LogP contribution >= 0.6 is 0 Å². The summed E-state index contributed by atoms with van der Waals surface area (Å²) in [6.45, 7) is 2.79. The van der Waals surface area contributed by atoms with Crippen LogP contribution in [0.4, 0.5) is 4.39 Å². The fraction of sp³-hybridized carbons (Fsp3) is 0.400. The van der Waals surface area contributed by atoms with E-state index in [0.29, 0.717) is 73.7 Å². The lowest BCUT2D eigenvalue weighted by Gasteiger charge is -2.14. The summed E-state index contributed by atoms with van der Waals surface area (Å²) in [4.78, 5) is 22.7. The highest BCUT2D eigenvalue weighted by Gasteiger charge is 2.27. The van der Waals surface area contributed by atoms with Crippen LogP contribution in [0.1, 0.15) is 39.0 Å². The Hall–Kier alpha value is -3.30. The second kappa shape index (κ2) is 10.8. The molecule has 3 heterocycles. The van der Waals surface area contributed by atoms with Crippen LogP contribution in [-0.2, 0) is 14.4 Å². The molecule has 0 aromatic heterocycles. The summed E-state index contributed by atoms with van der Waals surface area (Å²) in [6.07, 6.45) is 11.0. The Balaban J connectivity index is 1.68. The number of hydrogen-bond acceptors (Lipinski definition) is 8. The van der Waals surface area contributed by atoms with Gasteiger partial charge in [0.05, 0.1) is 5.70 Å². The molecule has 0 aromatic rings. The van der Waals surface area contributed by atoms with Gasteiger partial charge in [0.1, 0.15) is 18.7 Å². The van der Waals surface area contributed by atoms with E-state index in [2.05, 4.69) is 10.6 Å². The average molecular weight is 468 g/mol. The standard InChI is InChI=1S/C25H30FN5O3/c1-3-23(32)19-6-4-5-18(21(26)7-8-22(19)27)25-16-9-10-30-34-24(11-16)20(13-28-25)17-12-29-31(14-17)15-33-2/h5,7-8,10,13-14,21,29H,3-4,6,9,11-12,15,27H2,1-2H3/b8-7?,18-5?,22-19-. The monoisotopic (exact) mass is 467 g/mol. The SMILES string of the molecule is CCC(=O)/C1=C(\N)C=CC(F)C(C2=C3CC=NOC(=C(C4=CN(COC)NC4)C=N2)C3)=CCC1. The zero-order valence-corrected chi connectivity index (χ0v) is 19.5. The Morgan fingerprint density at radius 2 is 2.29 bits per heavy atom. The molecule has 4 rings (SSSR count). The first kappa shape index (κ1) is 23.8. The van der Waals surface area contributed by atoms with Crippen molar-refractivity contribution in [1.29, 1.82) is 0 Å². The Kier molecular flexibility index (Phi) is 7.54. The first-order chi connectivity index (χ1) is 16.5. The van der Waals surface area contributed by atoms with Crippen molar-refractivity contribution in [3.05, 3.63) is 69.4 Å². The van der Waals surface area contributed by atoms with Gasteiger partial charge in [-0.1, -0.05) is 18.2 Å². The topological polar surface area (TPSA) is 102 Å². The van der Waals surface area contributed by atoms with Crippen LogP contribution in [0.15, 0.2) is 79.6 Å². The summed E-state index contributed by atoms with van der Waals surface area (Å²) in [5.74, 6) is 0.659. The van der Waals surface area contributed by atoms with E-state index in [-0.39, 0.29) is 5.78 Å². The molecule has 0 amide bonds. The molecule has 0 aromatic carbocycles. The number of aliphatic imine (C=N–C) groups is 1. The van der Waals surface area contributed by atoms with Crippen LogP contribution in [0.3, 0.4) is 0 Å². The van der Waals surface area contributed by atoms with Crippen LogP contribution in [0, 0.1) is 0 Å². The average Bonchev–Trinajstić information content (AvgIpc) is 3.09. The lowest BCUT2D eigenvalue weighted by atomic mass is 9.96. The van der Waals surface area contributed by atoms with E-state index in [1.165, 1.54) is 12.2 Å². The number of ketones is 1. The van der Waals surface area contributed by atoms with E-state index in [4.69, 9.17) is 20.3 Å². The molecule has 0 spiro atoms. The first-order valence-electron chi connectivity index (χ1n) is 11.4. The molecule has 34 heavy (non-hydrogen) atoms. The molecule has 0 saturated carbocycles. The minimum Gasteiger partial charge on any atom is -0.398 e. The number of allylic oxidation sites excluding steroid dienone is 6. The zero-order chi connectivity index (χ0) is 24.1. The molecule has 8 nitrogen and oxygen atoms in total. The predicted molar refractivity (Wildman–Crippen MR) is 129 cm³/mol. The number of nitrogens with one attached hydrogen (secondary N) is 1. The van der Waals surface area contributed by atoms with Gasteiger partial charge in [0.2, 0.25) is 0 Å². The van der Waals surface area contributed by atoms with Crippen molar-refractivity contribution >= 4 is 18.2 Å². The van der Waals surface area contributed by atoms with Gasteiger partial charge < -0.3 is 15.3 Å². The summed E-state index contributed by atoms with van der Waals surface area (Å²) < 4.78 is 20.7. The smallest absolute Gasteiger partial charge is 0.160 e. The lowest BCUT2D eigenvalue weighted by molar-refractivity contribution is -0.115. The maximum Gasteiger partial charge on any atom is 0.160 e. The maximum absolute atomic E-state index is 15.5. The number of nitrogens with zero attached hydrogens (tertiary/aromatic N) is 3. The minimum absolute atomic E-state index is 0.0134. The molecule has 1 atom stereocenters. The summed E-state index contributed by atoms with van der Waals surface area (Å²) >= 11 is 0. The van der Waals surface area contributed by atoms with Crippen LogP contribution in [0.2, 0.25) is 0 Å². The largest absolute Gasteiger partial charge is 0.398 e. The van der Waals surface area contributed by atoms with Gasteiger partial charge in [-0.15, -0.1) is 0 Å². The third-order valence-corrected chi connectivity index (χ3v) is 6.09. The fourth-order valence-electron chi connectivity index (χ4n) is 4.32. The number of methoxy groups -OCH3 is 1. The van der Waals surface area contributed by atoms with Gasteiger partial charge >= 0.3 is 0 Å². The summed E-state index contributed by atoms with van der Waals surface area (Å²) in [5.41, 5.74) is 14.0. The molecule has 4 aliphatic rings. The normalized spacial score (nSPS) is 25.3. The highest BCUT2D eigenvalue weighted by atomic mass is 19.1. The third kappa shape index (κ3) is 5.10. The number of nitrogens with two attached hydrogens (primary N) is 1. The van der Waals surface area contributed by atoms with Crippen molar-refractivity contribution in [2.75, 3.05) is 20.4 Å². The van der Waals surface area contributed by atoms with Gasteiger partial charge in [0, 0.05) is 74.0 Å². The molecule has 3 aliphatic heterocycles. The maximum atomic E-state index is 15.5. The number of carbonyl (C=O) groups is 1. The highest BCUT2D eigenvalue weighted by molar-refractivity contribution is 5.96. The highest BCUT2D eigenvalue weighted by Crippen LogP contribution is 2.35. The Morgan fingerprint density at radius 3 is 3.09 bits per heavy atom. The number of hydrazine groups is 1. The number of alkyl halides is 1. The van der Waals surface area contributed by atoms with Crippen LogP contribution in [0.25, 0.3) is 0 Å². The van der Waals surface area contributed by atoms with Gasteiger partial charge in [0.15, 0.2) is 5.78 Å². The third-order valence-electron chi connectivity index (χ3n) is 6.09. The van der Waals surface area contributed by atoms with E-state index in [1.807, 2.05) is 17.3 Å². The number of fused-ring (bicyclic) bond motifs is 2. The fourth-order valence-corrected chi connectivity index (χ4v) is 4.32. The van der Waals surface area contributed by atoms with Gasteiger partial charge in [0.25, 0.3) is 0 Å². The van der Waals surface area contributed by atoms with Gasteiger partial charge in [-0.3, -0.25) is 14.8 Å². The second-order valence-corrected chi connectivity index (χ2v) is 8.35. The lowest BCUT2D eigenvalue weighted by Crippen LogP contribution is -2.30. The van der Waals surface area contributed by atoms with Gasteiger partial charge in [-0.2, -0.15) is 0 Å². The van der Waals surface area contributed by atoms with E-state index in [9.17, 15) is 4.79 Å². The molecule has 0 radical (unpaired) electrons. The Morgan fingerprint density at radius 1 is 1.44 bits per heavy atom. The van der Waals surface area contributed by atoms with Gasteiger partial charge in [-0.25, -0.2) is 9.82 Å². The summed E-state index contributed by atoms with van der Waals surface area (Å²) in [6, 6.07) is 0. The first-order valence-corrected chi connectivity index (χ1v) is 11.4. The number of halogens is 1. The molecule has 3 N–H and O–H groups in total. The molecule has 0 saturated heterocycles. The number of carbonyl (C=O) groups excluding carboxylic acids is 1. The van der Waals surface area contributed by atoms with Crippen molar-refractivity contribution in [2.45, 2.75) is 45.2 Å². The number of hydrogen-bond donors (Lipinski definition) is 2. The van der Waals surface area contributed by atoms with E-state index < -0.39 is 6.17 Å². The minimum atomic E-state index is -1.41. The molecule has 0 fully saturated rings. The van der Waals surface area contributed by atoms with Crippen molar-refractivity contribution < 1.29 is 18.8 Å². The van der Waals surface area contributed by atoms with Crippen molar-refractivity contribution in [1.82, 2.24) is 10.4 Å². The van der Waals surface area contributed by atoms with Crippen molar-refractivity contribution in [3.63, 3.8) is 0 Å². The van der Waals surface area contributed by atoms with E-state index in [1.54, 1.807) is 26.5 Å². The summed E-state index contributed by atoms with van der Waals surface area (Å²) in [7, 11) is 1.63. The molecule has 180 valence electrons. The van der Waals surface area contributed by atoms with Crippen LogP contribution < -0.4 is 11.2 Å². The van der Waals surface area contributed by atoms with Crippen LogP contribution in [0.5, 0.6) is 0 Å². The molecule has 1 unspecified atom stereocenters. The Bertz CT molecular complexity index is 1090. The molecule has 2 bridgehead atoms. The predicted octanol–water partition coefficient (Wildman–Crippen LogP) is 3.49. The van der Waals surface area contributed by atoms with Gasteiger partial charge in [-0.05, 0) is 36.1 Å². The van der Waals surface area contributed by atoms with Crippen molar-refractivity contribution in [3.8, 4) is 0 Å². The number of Topliss-reactive ketones (excluding diaryl/α,β-unsaturated/α-hetero) is 1. The Labute approximate surface area is 198 Å². The zero-order valence-electron chi connectivity index (χ0n) is 19.5. The number of oxime groups is 1. The molecule has 1 aliphatic carbocycles.